The lowest BCUT2D eigenvalue weighted by atomic mass is 10.0. The molecule has 2 heterocycles. The molecule has 1 aliphatic rings. The number of fused-ring (bicyclic) bond motifs is 1. The van der Waals surface area contributed by atoms with E-state index in [1.54, 1.807) is 33.8 Å². The van der Waals surface area contributed by atoms with Crippen molar-refractivity contribution in [2.24, 2.45) is 0 Å². The monoisotopic (exact) mass is 546 g/mol. The molecule has 206 valence electrons. The van der Waals surface area contributed by atoms with Gasteiger partial charge in [0.25, 0.3) is 11.8 Å². The number of aromatic nitrogens is 2. The molecule has 0 saturated carbocycles. The molecule has 9 heteroatoms. The fraction of sp³-hybridized carbons (Fsp3) is 0.219. The van der Waals surface area contributed by atoms with Gasteiger partial charge in [-0.1, -0.05) is 49.4 Å². The minimum absolute atomic E-state index is 0.0553. The van der Waals surface area contributed by atoms with Crippen LogP contribution >= 0.6 is 0 Å². The second kappa shape index (κ2) is 12.3. The molecule has 3 aromatic carbocycles. The van der Waals surface area contributed by atoms with Crippen molar-refractivity contribution in [1.29, 1.82) is 5.26 Å². The van der Waals surface area contributed by atoms with Crippen LogP contribution in [0.2, 0.25) is 0 Å². The van der Waals surface area contributed by atoms with Crippen LogP contribution in [-0.2, 0) is 24.2 Å². The van der Waals surface area contributed by atoms with Crippen molar-refractivity contribution in [1.82, 2.24) is 15.1 Å². The van der Waals surface area contributed by atoms with E-state index in [1.165, 1.54) is 17.3 Å². The largest absolute Gasteiger partial charge is 0.356 e. The van der Waals surface area contributed by atoms with Crippen LogP contribution in [0.25, 0.3) is 0 Å². The normalized spacial score (nSPS) is 12.4. The molecule has 0 atom stereocenters. The topological polar surface area (TPSA) is 120 Å². The quantitative estimate of drug-likeness (QED) is 0.324. The number of carbonyl (C=O) groups excluding carboxylic acids is 3. The molecule has 0 saturated heterocycles. The minimum Gasteiger partial charge on any atom is -0.356 e. The Morgan fingerprint density at radius 3 is 2.54 bits per heavy atom. The first-order valence-electron chi connectivity index (χ1n) is 13.6. The molecule has 0 aliphatic carbocycles. The summed E-state index contributed by atoms with van der Waals surface area (Å²) in [4.78, 5) is 39.7. The maximum absolute atomic E-state index is 13.5. The van der Waals surface area contributed by atoms with Gasteiger partial charge >= 0.3 is 0 Å². The van der Waals surface area contributed by atoms with E-state index < -0.39 is 5.91 Å². The molecule has 4 aromatic rings. The first-order chi connectivity index (χ1) is 19.9. The van der Waals surface area contributed by atoms with Crippen LogP contribution in [0, 0.1) is 11.3 Å². The minimum atomic E-state index is -0.457. The van der Waals surface area contributed by atoms with Crippen molar-refractivity contribution < 1.29 is 14.4 Å². The zero-order valence-corrected chi connectivity index (χ0v) is 22.8. The first-order valence-corrected chi connectivity index (χ1v) is 13.6. The van der Waals surface area contributed by atoms with Crippen LogP contribution < -0.4 is 15.5 Å². The van der Waals surface area contributed by atoms with Gasteiger partial charge in [-0.3, -0.25) is 19.1 Å². The third-order valence-electron chi connectivity index (χ3n) is 7.02. The van der Waals surface area contributed by atoms with E-state index in [0.29, 0.717) is 37.3 Å². The summed E-state index contributed by atoms with van der Waals surface area (Å²) >= 11 is 0. The highest BCUT2D eigenvalue weighted by Gasteiger charge is 2.32. The SMILES string of the molecule is CCC(=O)NCCc1cccc(Cc2ccc(N3CCn4ncc(C(=O)Nc5cccc(C#N)c5)c4C3=O)cc2)c1. The van der Waals surface area contributed by atoms with Gasteiger partial charge in [0.2, 0.25) is 5.91 Å². The smallest absolute Gasteiger partial charge is 0.277 e. The van der Waals surface area contributed by atoms with Crippen molar-refractivity contribution in [3.05, 3.63) is 113 Å². The molecule has 0 bridgehead atoms. The van der Waals surface area contributed by atoms with Gasteiger partial charge in [0.15, 0.2) is 0 Å². The molecular weight excluding hydrogens is 516 g/mol. The second-order valence-electron chi connectivity index (χ2n) is 9.85. The zero-order valence-electron chi connectivity index (χ0n) is 22.8. The molecule has 0 spiro atoms. The van der Waals surface area contributed by atoms with Gasteiger partial charge in [0.1, 0.15) is 5.69 Å². The Balaban J connectivity index is 1.26. The molecule has 2 N–H and O–H groups in total. The van der Waals surface area contributed by atoms with Crippen molar-refractivity contribution in [3.8, 4) is 6.07 Å². The van der Waals surface area contributed by atoms with Crippen LogP contribution in [0.15, 0.2) is 79.0 Å². The summed E-state index contributed by atoms with van der Waals surface area (Å²) in [5.41, 5.74) is 5.52. The summed E-state index contributed by atoms with van der Waals surface area (Å²) in [6.07, 6.45) is 3.42. The molecule has 9 nitrogen and oxygen atoms in total. The predicted molar refractivity (Wildman–Crippen MR) is 156 cm³/mol. The van der Waals surface area contributed by atoms with Gasteiger partial charge in [-0.25, -0.2) is 0 Å². The fourth-order valence-corrected chi connectivity index (χ4v) is 4.88. The summed E-state index contributed by atoms with van der Waals surface area (Å²) in [5.74, 6) is -0.693. The summed E-state index contributed by atoms with van der Waals surface area (Å²) < 4.78 is 1.56. The van der Waals surface area contributed by atoms with Crippen LogP contribution in [-0.4, -0.2) is 40.6 Å². The van der Waals surface area contributed by atoms with Gasteiger partial charge in [0.05, 0.1) is 29.9 Å². The molecule has 0 unspecified atom stereocenters. The third-order valence-corrected chi connectivity index (χ3v) is 7.02. The summed E-state index contributed by atoms with van der Waals surface area (Å²) in [6, 6.07) is 24.9. The van der Waals surface area contributed by atoms with E-state index in [9.17, 15) is 14.4 Å². The van der Waals surface area contributed by atoms with E-state index in [0.717, 1.165) is 24.1 Å². The number of benzene rings is 3. The molecule has 0 radical (unpaired) electrons. The van der Waals surface area contributed by atoms with Crippen molar-refractivity contribution >= 4 is 29.1 Å². The highest BCUT2D eigenvalue weighted by Crippen LogP contribution is 2.25. The number of nitrogens with zero attached hydrogens (tertiary/aromatic N) is 4. The van der Waals surface area contributed by atoms with Gasteiger partial charge in [-0.2, -0.15) is 10.4 Å². The lowest BCUT2D eigenvalue weighted by Crippen LogP contribution is -2.41. The number of hydrogen-bond acceptors (Lipinski definition) is 5. The highest BCUT2D eigenvalue weighted by molar-refractivity contribution is 6.15. The van der Waals surface area contributed by atoms with Gasteiger partial charge in [-0.05, 0) is 59.9 Å². The molecule has 5 rings (SSSR count). The summed E-state index contributed by atoms with van der Waals surface area (Å²) in [5, 5.41) is 19.1. The van der Waals surface area contributed by atoms with Crippen molar-refractivity contribution in [2.75, 3.05) is 23.3 Å². The number of hydrogen-bond donors (Lipinski definition) is 2. The van der Waals surface area contributed by atoms with E-state index in [2.05, 4.69) is 33.9 Å². The van der Waals surface area contributed by atoms with Crippen molar-refractivity contribution in [2.45, 2.75) is 32.7 Å². The molecule has 3 amide bonds. The first kappa shape index (κ1) is 27.3. The fourth-order valence-electron chi connectivity index (χ4n) is 4.88. The lowest BCUT2D eigenvalue weighted by molar-refractivity contribution is -0.120. The number of nitrogens with one attached hydrogen (secondary N) is 2. The molecule has 41 heavy (non-hydrogen) atoms. The van der Waals surface area contributed by atoms with Crippen LogP contribution in [0.1, 0.15) is 56.4 Å². The second-order valence-corrected chi connectivity index (χ2v) is 9.85. The predicted octanol–water partition coefficient (Wildman–Crippen LogP) is 4.33. The Bertz CT molecular complexity index is 1630. The maximum Gasteiger partial charge on any atom is 0.277 e. The van der Waals surface area contributed by atoms with E-state index in [1.807, 2.05) is 43.3 Å². The number of anilines is 2. The summed E-state index contributed by atoms with van der Waals surface area (Å²) in [7, 11) is 0. The Hall–Kier alpha value is -5.23. The number of rotatable bonds is 9. The lowest BCUT2D eigenvalue weighted by Gasteiger charge is -2.28. The van der Waals surface area contributed by atoms with Crippen LogP contribution in [0.5, 0.6) is 0 Å². The molecule has 1 aromatic heterocycles. The molecular formula is C32H30N6O3. The Kier molecular flexibility index (Phi) is 8.20. The average molecular weight is 547 g/mol. The van der Waals surface area contributed by atoms with E-state index in [-0.39, 0.29) is 23.1 Å². The Morgan fingerprint density at radius 1 is 0.976 bits per heavy atom. The van der Waals surface area contributed by atoms with E-state index >= 15 is 0 Å². The highest BCUT2D eigenvalue weighted by atomic mass is 16.2. The molecule has 0 fully saturated rings. The van der Waals surface area contributed by atoms with Crippen LogP contribution in [0.3, 0.4) is 0 Å². The van der Waals surface area contributed by atoms with Gasteiger partial charge in [0, 0.05) is 30.9 Å². The standard InChI is InChI=1S/C32H30N6O3/c1-2-29(39)34-14-13-22-5-3-6-24(17-22)18-23-9-11-27(12-10-23)37-15-16-38-30(32(37)41)28(21-35-38)31(40)36-26-8-4-7-25(19-26)20-33/h3-12,17,19,21H,2,13-16,18H2,1H3,(H,34,39)(H,36,40). The number of amides is 3. The van der Waals surface area contributed by atoms with E-state index in [4.69, 9.17) is 5.26 Å². The summed E-state index contributed by atoms with van der Waals surface area (Å²) in [6.45, 7) is 3.36. The Morgan fingerprint density at radius 2 is 1.76 bits per heavy atom. The van der Waals surface area contributed by atoms with Gasteiger partial charge in [-0.15, -0.1) is 0 Å². The molecule has 1 aliphatic heterocycles. The zero-order chi connectivity index (χ0) is 28.8. The van der Waals surface area contributed by atoms with Gasteiger partial charge < -0.3 is 15.5 Å². The maximum atomic E-state index is 13.5. The number of carbonyl (C=O) groups is 3. The number of nitriles is 1. The van der Waals surface area contributed by atoms with Crippen molar-refractivity contribution in [3.63, 3.8) is 0 Å². The third kappa shape index (κ3) is 6.34. The Labute approximate surface area is 238 Å². The average Bonchev–Trinajstić information content (AvgIpc) is 3.43. The van der Waals surface area contributed by atoms with Crippen LogP contribution in [0.4, 0.5) is 11.4 Å².